The molecule has 20 heavy (non-hydrogen) atoms. The molecule has 0 aliphatic carbocycles. The van der Waals surface area contributed by atoms with Gasteiger partial charge in [-0.05, 0) is 12.8 Å². The molecule has 0 aliphatic rings. The van der Waals surface area contributed by atoms with Gasteiger partial charge in [-0.15, -0.1) is 0 Å². The molecule has 5 N–H and O–H groups in total. The molecule has 0 radical (unpaired) electrons. The Balaban J connectivity index is 2.75. The van der Waals surface area contributed by atoms with Gasteiger partial charge in [0.05, 0.1) is 0 Å². The number of urea groups is 1. The van der Waals surface area contributed by atoms with Crippen LogP contribution in [0.4, 0.5) is 4.79 Å². The Kier molecular flexibility index (Phi) is 6.18. The SMILES string of the molecule is CC(C)C[C@@H]([NH2+][C@@H](C)C(=O)NC(N)=O)c1ccccc1. The van der Waals surface area contributed by atoms with Crippen LogP contribution in [-0.2, 0) is 4.79 Å². The van der Waals surface area contributed by atoms with Crippen molar-refractivity contribution in [3.8, 4) is 0 Å². The van der Waals surface area contributed by atoms with E-state index in [1.807, 2.05) is 23.5 Å². The van der Waals surface area contributed by atoms with Gasteiger partial charge in [0, 0.05) is 12.0 Å². The summed E-state index contributed by atoms with van der Waals surface area (Å²) >= 11 is 0. The van der Waals surface area contributed by atoms with E-state index in [0.717, 1.165) is 6.42 Å². The molecule has 0 fully saturated rings. The quantitative estimate of drug-likeness (QED) is 0.722. The van der Waals surface area contributed by atoms with Crippen LogP contribution in [0.15, 0.2) is 30.3 Å². The summed E-state index contributed by atoms with van der Waals surface area (Å²) in [5.41, 5.74) is 6.15. The van der Waals surface area contributed by atoms with E-state index in [0.29, 0.717) is 5.92 Å². The van der Waals surface area contributed by atoms with Crippen LogP contribution in [-0.4, -0.2) is 18.0 Å². The summed E-state index contributed by atoms with van der Waals surface area (Å²) < 4.78 is 0. The molecule has 0 heterocycles. The smallest absolute Gasteiger partial charge is 0.319 e. The molecule has 0 aromatic heterocycles. The lowest BCUT2D eigenvalue weighted by molar-refractivity contribution is -0.714. The number of hydrogen-bond acceptors (Lipinski definition) is 2. The molecule has 0 spiro atoms. The highest BCUT2D eigenvalue weighted by Gasteiger charge is 2.24. The number of rotatable bonds is 6. The van der Waals surface area contributed by atoms with Gasteiger partial charge in [0.25, 0.3) is 5.91 Å². The Morgan fingerprint density at radius 1 is 1.20 bits per heavy atom. The van der Waals surface area contributed by atoms with E-state index >= 15 is 0 Å². The van der Waals surface area contributed by atoms with Gasteiger partial charge in [0.1, 0.15) is 6.04 Å². The first kappa shape index (κ1) is 16.2. The summed E-state index contributed by atoms with van der Waals surface area (Å²) in [7, 11) is 0. The second-order valence-electron chi connectivity index (χ2n) is 5.48. The molecular weight excluding hydrogens is 254 g/mol. The van der Waals surface area contributed by atoms with Crippen LogP contribution >= 0.6 is 0 Å². The zero-order chi connectivity index (χ0) is 15.1. The van der Waals surface area contributed by atoms with E-state index in [-0.39, 0.29) is 18.0 Å². The van der Waals surface area contributed by atoms with Crippen LogP contribution in [0.5, 0.6) is 0 Å². The normalized spacial score (nSPS) is 13.8. The van der Waals surface area contributed by atoms with Crippen LogP contribution in [0, 0.1) is 5.92 Å². The van der Waals surface area contributed by atoms with E-state index in [1.165, 1.54) is 5.56 Å². The lowest BCUT2D eigenvalue weighted by Crippen LogP contribution is -2.92. The number of imide groups is 1. The van der Waals surface area contributed by atoms with Crippen molar-refractivity contribution in [1.29, 1.82) is 0 Å². The Hall–Kier alpha value is -1.88. The summed E-state index contributed by atoms with van der Waals surface area (Å²) in [5, 5.41) is 4.10. The van der Waals surface area contributed by atoms with Crippen molar-refractivity contribution in [1.82, 2.24) is 5.32 Å². The maximum Gasteiger partial charge on any atom is 0.319 e. The molecule has 110 valence electrons. The summed E-state index contributed by atoms with van der Waals surface area (Å²) in [6, 6.07) is 9.07. The average Bonchev–Trinajstić information content (AvgIpc) is 2.37. The van der Waals surface area contributed by atoms with Gasteiger partial charge in [0.2, 0.25) is 0 Å². The molecule has 5 heteroatoms. The molecular formula is C15H24N3O2+. The van der Waals surface area contributed by atoms with Gasteiger partial charge < -0.3 is 11.1 Å². The number of amides is 3. The summed E-state index contributed by atoms with van der Waals surface area (Å²) in [4.78, 5) is 22.5. The number of quaternary nitrogens is 1. The van der Waals surface area contributed by atoms with Crippen molar-refractivity contribution in [2.75, 3.05) is 0 Å². The number of benzene rings is 1. The third-order valence-corrected chi connectivity index (χ3v) is 3.13. The van der Waals surface area contributed by atoms with Gasteiger partial charge in [-0.1, -0.05) is 44.2 Å². The molecule has 0 aliphatic heterocycles. The highest BCUT2D eigenvalue weighted by atomic mass is 16.2. The fourth-order valence-electron chi connectivity index (χ4n) is 2.20. The van der Waals surface area contributed by atoms with E-state index < -0.39 is 6.03 Å². The van der Waals surface area contributed by atoms with Crippen molar-refractivity contribution >= 4 is 11.9 Å². The van der Waals surface area contributed by atoms with Gasteiger partial charge in [0.15, 0.2) is 6.04 Å². The van der Waals surface area contributed by atoms with Crippen LogP contribution in [0.25, 0.3) is 0 Å². The topological polar surface area (TPSA) is 88.8 Å². The molecule has 0 bridgehead atoms. The average molecular weight is 278 g/mol. The largest absolute Gasteiger partial charge is 0.351 e. The molecule has 2 atom stereocenters. The molecule has 1 aromatic rings. The number of primary amides is 1. The van der Waals surface area contributed by atoms with E-state index in [4.69, 9.17) is 5.73 Å². The first-order valence-corrected chi connectivity index (χ1v) is 6.90. The predicted octanol–water partition coefficient (Wildman–Crippen LogP) is 0.921. The van der Waals surface area contributed by atoms with Gasteiger partial charge in [-0.2, -0.15) is 0 Å². The number of carbonyl (C=O) groups excluding carboxylic acids is 2. The van der Waals surface area contributed by atoms with Gasteiger partial charge >= 0.3 is 6.03 Å². The van der Waals surface area contributed by atoms with E-state index in [2.05, 4.69) is 31.3 Å². The maximum atomic E-state index is 11.8. The molecule has 1 aromatic carbocycles. The summed E-state index contributed by atoms with van der Waals surface area (Å²) in [6.45, 7) is 6.07. The maximum absolute atomic E-state index is 11.8. The van der Waals surface area contributed by atoms with E-state index in [1.54, 1.807) is 6.92 Å². The summed E-state index contributed by atoms with van der Waals surface area (Å²) in [6.07, 6.45) is 0.957. The Morgan fingerprint density at radius 2 is 1.80 bits per heavy atom. The van der Waals surface area contributed by atoms with Crippen molar-refractivity contribution in [3.05, 3.63) is 35.9 Å². The Morgan fingerprint density at radius 3 is 2.30 bits per heavy atom. The van der Waals surface area contributed by atoms with Crippen LogP contribution < -0.4 is 16.4 Å². The fraction of sp³-hybridized carbons (Fsp3) is 0.467. The van der Waals surface area contributed by atoms with Gasteiger partial charge in [-0.25, -0.2) is 4.79 Å². The van der Waals surface area contributed by atoms with Crippen LogP contribution in [0.2, 0.25) is 0 Å². The van der Waals surface area contributed by atoms with Crippen LogP contribution in [0.3, 0.4) is 0 Å². The van der Waals surface area contributed by atoms with Crippen molar-refractivity contribution < 1.29 is 14.9 Å². The number of carbonyl (C=O) groups is 2. The Labute approximate surface area is 119 Å². The lowest BCUT2D eigenvalue weighted by atomic mass is 9.96. The standard InChI is InChI=1S/C15H23N3O2/c1-10(2)9-13(12-7-5-4-6-8-12)17-11(3)14(19)18-15(16)20/h4-8,10-11,13,17H,9H2,1-3H3,(H3,16,18,19,20)/p+1/t11-,13+/m0/s1. The minimum atomic E-state index is -0.810. The first-order valence-electron chi connectivity index (χ1n) is 6.90. The zero-order valence-electron chi connectivity index (χ0n) is 12.3. The minimum absolute atomic E-state index is 0.185. The third kappa shape index (κ3) is 5.40. The van der Waals surface area contributed by atoms with Crippen molar-refractivity contribution in [2.45, 2.75) is 39.3 Å². The van der Waals surface area contributed by atoms with E-state index in [9.17, 15) is 9.59 Å². The zero-order valence-corrected chi connectivity index (χ0v) is 12.3. The monoisotopic (exact) mass is 278 g/mol. The second-order valence-corrected chi connectivity index (χ2v) is 5.48. The third-order valence-electron chi connectivity index (χ3n) is 3.13. The predicted molar refractivity (Wildman–Crippen MR) is 77.8 cm³/mol. The Bertz CT molecular complexity index is 446. The van der Waals surface area contributed by atoms with Crippen LogP contribution in [0.1, 0.15) is 38.8 Å². The fourth-order valence-corrected chi connectivity index (χ4v) is 2.20. The molecule has 0 saturated carbocycles. The minimum Gasteiger partial charge on any atom is -0.351 e. The molecule has 0 unspecified atom stereocenters. The molecule has 0 saturated heterocycles. The highest BCUT2D eigenvalue weighted by molar-refractivity contribution is 5.95. The molecule has 1 rings (SSSR count). The van der Waals surface area contributed by atoms with Gasteiger partial charge in [-0.3, -0.25) is 10.1 Å². The van der Waals surface area contributed by atoms with Crippen molar-refractivity contribution in [3.63, 3.8) is 0 Å². The number of nitrogens with one attached hydrogen (secondary N) is 1. The number of hydrogen-bond donors (Lipinski definition) is 3. The second kappa shape index (κ2) is 7.65. The number of nitrogens with two attached hydrogens (primary N) is 2. The summed E-state index contributed by atoms with van der Waals surface area (Å²) in [5.74, 6) is 0.157. The lowest BCUT2D eigenvalue weighted by Gasteiger charge is -2.21. The first-order chi connectivity index (χ1) is 9.40. The van der Waals surface area contributed by atoms with Crippen molar-refractivity contribution in [2.24, 2.45) is 11.7 Å². The highest BCUT2D eigenvalue weighted by Crippen LogP contribution is 2.17. The molecule has 3 amide bonds. The molecule has 5 nitrogen and oxygen atoms in total.